The number of hydrogen-bond donors (Lipinski definition) is 2. The van der Waals surface area contributed by atoms with Crippen LogP contribution in [0.25, 0.3) is 13.2 Å². The van der Waals surface area contributed by atoms with Crippen LogP contribution in [-0.2, 0) is 5.41 Å². The minimum Gasteiger partial charge on any atom is -0.507 e. The molecule has 0 aromatic heterocycles. The number of hydrogen-bond acceptors (Lipinski definition) is 3. The zero-order valence-electron chi connectivity index (χ0n) is 16.9. The molecule has 0 aliphatic heterocycles. The number of aromatic hydroxyl groups is 2. The second-order valence-electron chi connectivity index (χ2n) is 8.40. The fourth-order valence-electron chi connectivity index (χ4n) is 3.23. The third kappa shape index (κ3) is 4.59. The van der Waals surface area contributed by atoms with Crippen LogP contribution in [0, 0.1) is 5.41 Å². The Balaban J connectivity index is 3.28. The van der Waals surface area contributed by atoms with Crippen molar-refractivity contribution in [2.45, 2.75) is 66.2 Å². The van der Waals surface area contributed by atoms with Crippen LogP contribution in [0.15, 0.2) is 11.6 Å². The van der Waals surface area contributed by atoms with Gasteiger partial charge in [-0.05, 0) is 30.6 Å². The molecule has 1 rings (SSSR count). The topological polar surface area (TPSA) is 49.7 Å². The van der Waals surface area contributed by atoms with Crippen LogP contribution in [0.5, 0.6) is 17.2 Å². The van der Waals surface area contributed by atoms with Crippen LogP contribution in [0.4, 0.5) is 0 Å². The Kier molecular flexibility index (Phi) is 6.39. The second kappa shape index (κ2) is 7.55. The molecule has 3 nitrogen and oxygen atoms in total. The molecule has 0 amide bonds. The van der Waals surface area contributed by atoms with Crippen LogP contribution in [-0.4, -0.2) is 17.3 Å². The average Bonchev–Trinajstić information content (AvgIpc) is 2.51. The molecule has 0 saturated heterocycles. The van der Waals surface area contributed by atoms with E-state index in [4.69, 9.17) is 4.74 Å². The van der Waals surface area contributed by atoms with Gasteiger partial charge in [-0.3, -0.25) is 0 Å². The fourth-order valence-corrected chi connectivity index (χ4v) is 3.23. The fraction of sp³-hybridized carbons (Fsp3) is 0.545. The summed E-state index contributed by atoms with van der Waals surface area (Å²) in [7, 11) is 1.44. The van der Waals surface area contributed by atoms with Gasteiger partial charge in [0.05, 0.1) is 12.3 Å². The van der Waals surface area contributed by atoms with Crippen molar-refractivity contribution in [3.8, 4) is 17.2 Å². The summed E-state index contributed by atoms with van der Waals surface area (Å²) in [6.45, 7) is 20.8. The lowest BCUT2D eigenvalue weighted by atomic mass is 9.77. The molecule has 2 N–H and O–H groups in total. The van der Waals surface area contributed by atoms with Gasteiger partial charge in [0.25, 0.3) is 0 Å². The van der Waals surface area contributed by atoms with Crippen molar-refractivity contribution in [2.24, 2.45) is 5.41 Å². The normalized spacial score (nSPS) is 13.2. The molecule has 140 valence electrons. The predicted molar refractivity (Wildman–Crippen MR) is 107 cm³/mol. The summed E-state index contributed by atoms with van der Waals surface area (Å²) in [5.41, 5.74) is 1.84. The van der Waals surface area contributed by atoms with E-state index in [1.165, 1.54) is 12.7 Å². The van der Waals surface area contributed by atoms with E-state index >= 15 is 0 Å². The Bertz CT molecular complexity index is 755. The van der Waals surface area contributed by atoms with Crippen molar-refractivity contribution in [1.82, 2.24) is 0 Å². The third-order valence-corrected chi connectivity index (χ3v) is 5.16. The van der Waals surface area contributed by atoms with Crippen molar-refractivity contribution >= 4 is 13.2 Å². The molecule has 0 aliphatic carbocycles. The standard InChI is InChI=1S/C22H34O3/c1-10-21(5,6)13-14(2)11-12-22(7,8)17-15(3)19(24)20(25-9)16(4)18(17)23/h11,23-24H,3-4,10,12-13H2,1-2,5-9H3. The quantitative estimate of drug-likeness (QED) is 0.569. The van der Waals surface area contributed by atoms with Gasteiger partial charge < -0.3 is 14.9 Å². The summed E-state index contributed by atoms with van der Waals surface area (Å²) < 4.78 is 5.15. The number of ether oxygens (including phenoxy) is 1. The first-order valence-electron chi connectivity index (χ1n) is 8.83. The SMILES string of the molecule is C=c1c(O)c(C(C)(C)CC=C(C)CC(C)(C)CC)c(=C)c(O)c1OC. The Morgan fingerprint density at radius 1 is 1.08 bits per heavy atom. The molecule has 0 fully saturated rings. The molecule has 0 heterocycles. The number of allylic oxidation sites excluding steroid dienone is 2. The highest BCUT2D eigenvalue weighted by Gasteiger charge is 2.28. The minimum absolute atomic E-state index is 0.0459. The maximum absolute atomic E-state index is 10.6. The maximum Gasteiger partial charge on any atom is 0.171 e. The Morgan fingerprint density at radius 2 is 1.64 bits per heavy atom. The Labute approximate surface area is 152 Å². The van der Waals surface area contributed by atoms with Crippen molar-refractivity contribution in [3.05, 3.63) is 27.6 Å². The van der Waals surface area contributed by atoms with Crippen LogP contribution in [0.1, 0.15) is 66.4 Å². The summed E-state index contributed by atoms with van der Waals surface area (Å²) in [5, 5.41) is 21.7. The van der Waals surface area contributed by atoms with E-state index < -0.39 is 5.41 Å². The van der Waals surface area contributed by atoms with Gasteiger partial charge in [0.1, 0.15) is 5.75 Å². The summed E-state index contributed by atoms with van der Waals surface area (Å²) in [4.78, 5) is 0. The molecular weight excluding hydrogens is 312 g/mol. The van der Waals surface area contributed by atoms with Gasteiger partial charge in [-0.1, -0.05) is 65.8 Å². The van der Waals surface area contributed by atoms with Crippen LogP contribution >= 0.6 is 0 Å². The van der Waals surface area contributed by atoms with E-state index in [-0.39, 0.29) is 22.7 Å². The molecule has 0 radical (unpaired) electrons. The lowest BCUT2D eigenvalue weighted by Crippen LogP contribution is -2.29. The van der Waals surface area contributed by atoms with E-state index in [2.05, 4.69) is 46.9 Å². The van der Waals surface area contributed by atoms with Crippen LogP contribution < -0.4 is 15.2 Å². The number of benzene rings is 1. The molecule has 3 heteroatoms. The lowest BCUT2D eigenvalue weighted by Gasteiger charge is -2.28. The highest BCUT2D eigenvalue weighted by Crippen LogP contribution is 2.35. The molecular formula is C22H34O3. The van der Waals surface area contributed by atoms with Gasteiger partial charge in [-0.15, -0.1) is 0 Å². The van der Waals surface area contributed by atoms with Gasteiger partial charge in [-0.25, -0.2) is 0 Å². The van der Waals surface area contributed by atoms with Crippen LogP contribution in [0.2, 0.25) is 0 Å². The summed E-state index contributed by atoms with van der Waals surface area (Å²) in [6.07, 6.45) is 5.13. The average molecular weight is 347 g/mol. The summed E-state index contributed by atoms with van der Waals surface area (Å²) in [6, 6.07) is 0. The van der Waals surface area contributed by atoms with Gasteiger partial charge in [-0.2, -0.15) is 0 Å². The van der Waals surface area contributed by atoms with E-state index in [0.29, 0.717) is 16.0 Å². The first kappa shape index (κ1) is 21.1. The van der Waals surface area contributed by atoms with E-state index in [1.807, 2.05) is 13.8 Å². The highest BCUT2D eigenvalue weighted by molar-refractivity contribution is 5.56. The van der Waals surface area contributed by atoms with Gasteiger partial charge in [0.2, 0.25) is 0 Å². The minimum atomic E-state index is -0.394. The molecule has 0 bridgehead atoms. The molecule has 1 aromatic carbocycles. The first-order chi connectivity index (χ1) is 11.4. The van der Waals surface area contributed by atoms with Crippen LogP contribution in [0.3, 0.4) is 0 Å². The highest BCUT2D eigenvalue weighted by atomic mass is 16.5. The molecule has 0 unspecified atom stereocenters. The van der Waals surface area contributed by atoms with Gasteiger partial charge in [0, 0.05) is 10.8 Å². The number of methoxy groups -OCH3 is 1. The van der Waals surface area contributed by atoms with E-state index in [9.17, 15) is 10.2 Å². The molecule has 0 spiro atoms. The molecule has 1 aromatic rings. The molecule has 25 heavy (non-hydrogen) atoms. The third-order valence-electron chi connectivity index (χ3n) is 5.16. The van der Waals surface area contributed by atoms with E-state index in [0.717, 1.165) is 19.3 Å². The second-order valence-corrected chi connectivity index (χ2v) is 8.40. The van der Waals surface area contributed by atoms with Gasteiger partial charge in [0.15, 0.2) is 11.5 Å². The monoisotopic (exact) mass is 346 g/mol. The summed E-state index contributed by atoms with van der Waals surface area (Å²) >= 11 is 0. The Morgan fingerprint density at radius 3 is 2.12 bits per heavy atom. The number of phenolic OH excluding ortho intramolecular Hbond substituents is 2. The Hall–Kier alpha value is -1.90. The number of rotatable bonds is 7. The zero-order chi connectivity index (χ0) is 19.6. The first-order valence-corrected chi connectivity index (χ1v) is 8.83. The molecule has 0 aliphatic rings. The maximum atomic E-state index is 10.6. The van der Waals surface area contributed by atoms with E-state index in [1.54, 1.807) is 0 Å². The zero-order valence-corrected chi connectivity index (χ0v) is 16.9. The predicted octanol–water partition coefficient (Wildman–Crippen LogP) is 4.37. The van der Waals surface area contributed by atoms with Crippen molar-refractivity contribution < 1.29 is 14.9 Å². The van der Waals surface area contributed by atoms with Gasteiger partial charge >= 0.3 is 0 Å². The van der Waals surface area contributed by atoms with Crippen molar-refractivity contribution in [3.63, 3.8) is 0 Å². The largest absolute Gasteiger partial charge is 0.507 e. The number of phenols is 2. The molecule has 0 saturated carbocycles. The lowest BCUT2D eigenvalue weighted by molar-refractivity contribution is 0.346. The smallest absolute Gasteiger partial charge is 0.171 e. The summed E-state index contributed by atoms with van der Waals surface area (Å²) in [5.74, 6) is 0.171. The van der Waals surface area contributed by atoms with Crippen molar-refractivity contribution in [2.75, 3.05) is 7.11 Å². The molecule has 0 atom stereocenters. The van der Waals surface area contributed by atoms with Crippen molar-refractivity contribution in [1.29, 1.82) is 0 Å².